The summed E-state index contributed by atoms with van der Waals surface area (Å²) >= 11 is 0. The molecule has 0 spiro atoms. The molecule has 1 unspecified atom stereocenters. The molecule has 0 aromatic heterocycles. The lowest BCUT2D eigenvalue weighted by Gasteiger charge is -2.06. The van der Waals surface area contributed by atoms with Gasteiger partial charge in [-0.05, 0) is 11.5 Å². The Morgan fingerprint density at radius 1 is 1.46 bits per heavy atom. The lowest BCUT2D eigenvalue weighted by molar-refractivity contribution is -0.825. The Morgan fingerprint density at radius 3 is 2.54 bits per heavy atom. The van der Waals surface area contributed by atoms with Gasteiger partial charge < -0.3 is 0 Å². The Balaban J connectivity index is 2.74. The molecule has 0 radical (unpaired) electrons. The summed E-state index contributed by atoms with van der Waals surface area (Å²) in [5.74, 6) is 0.262. The first-order chi connectivity index (χ1) is 6.27. The first kappa shape index (κ1) is 9.72. The number of rotatable bonds is 3. The molecule has 1 aromatic rings. The van der Waals surface area contributed by atoms with E-state index >= 15 is 0 Å². The largest absolute Gasteiger partial charge is 0.215 e. The topological polar surface area (TPSA) is 60.6 Å². The van der Waals surface area contributed by atoms with Crippen LogP contribution in [0.15, 0.2) is 24.3 Å². The molecular weight excluding hydrogens is 164 g/mol. The van der Waals surface area contributed by atoms with E-state index < -0.39 is 0 Å². The van der Waals surface area contributed by atoms with Crippen molar-refractivity contribution < 1.29 is 10.7 Å². The first-order valence-electron chi connectivity index (χ1n) is 4.22. The molecule has 68 valence electrons. The lowest BCUT2D eigenvalue weighted by atomic mass is 9.98. The number of hydrogen-bond donors (Lipinski definition) is 2. The van der Waals surface area contributed by atoms with Gasteiger partial charge in [-0.15, -0.1) is 0 Å². The van der Waals surface area contributed by atoms with Gasteiger partial charge in [-0.25, -0.2) is 5.21 Å². The molecule has 0 aliphatic rings. The number of quaternary nitrogens is 1. The van der Waals surface area contributed by atoms with Crippen molar-refractivity contribution in [3.63, 3.8) is 0 Å². The number of benzene rings is 1. The van der Waals surface area contributed by atoms with Gasteiger partial charge in [0.15, 0.2) is 5.69 Å². The molecule has 0 bridgehead atoms. The van der Waals surface area contributed by atoms with Gasteiger partial charge in [0.1, 0.15) is 0 Å². The number of nitrogens with zero attached hydrogens (tertiary/aromatic N) is 1. The van der Waals surface area contributed by atoms with E-state index in [1.165, 1.54) is 0 Å². The van der Waals surface area contributed by atoms with E-state index in [1.54, 1.807) is 0 Å². The van der Waals surface area contributed by atoms with Crippen LogP contribution in [0.3, 0.4) is 0 Å². The lowest BCUT2D eigenvalue weighted by Crippen LogP contribution is -2.73. The van der Waals surface area contributed by atoms with Crippen LogP contribution in [-0.2, 0) is 0 Å². The second-order valence-corrected chi connectivity index (χ2v) is 3.06. The Morgan fingerprint density at radius 2 is 2.08 bits per heavy atom. The molecule has 0 aliphatic heterocycles. The highest BCUT2D eigenvalue weighted by molar-refractivity contribution is 5.33. The molecule has 0 heterocycles. The summed E-state index contributed by atoms with van der Waals surface area (Å²) in [4.78, 5) is 0. The fourth-order valence-corrected chi connectivity index (χ4v) is 1.17. The molecule has 0 aliphatic carbocycles. The summed E-state index contributed by atoms with van der Waals surface area (Å²) in [6.07, 6.45) is 0.530. The number of nitriles is 1. The van der Waals surface area contributed by atoms with Crippen molar-refractivity contribution in [3.8, 4) is 6.07 Å². The van der Waals surface area contributed by atoms with E-state index in [1.807, 2.05) is 31.2 Å². The molecule has 3 N–H and O–H groups in total. The highest BCUT2D eigenvalue weighted by atomic mass is 16.5. The normalized spacial score (nSPS) is 12.1. The van der Waals surface area contributed by atoms with Gasteiger partial charge in [-0.3, -0.25) is 0 Å². The van der Waals surface area contributed by atoms with Crippen LogP contribution < -0.4 is 5.48 Å². The van der Waals surface area contributed by atoms with Gasteiger partial charge in [-0.2, -0.15) is 10.7 Å². The van der Waals surface area contributed by atoms with Gasteiger partial charge >= 0.3 is 0 Å². The molecule has 3 nitrogen and oxygen atoms in total. The Bertz CT molecular complexity index is 300. The van der Waals surface area contributed by atoms with Crippen LogP contribution in [0.25, 0.3) is 0 Å². The highest BCUT2D eigenvalue weighted by Gasteiger charge is 2.04. The average molecular weight is 177 g/mol. The molecule has 0 saturated carbocycles. The second-order valence-electron chi connectivity index (χ2n) is 3.06. The second kappa shape index (κ2) is 4.61. The summed E-state index contributed by atoms with van der Waals surface area (Å²) in [7, 11) is 0. The van der Waals surface area contributed by atoms with Crippen LogP contribution in [0.4, 0.5) is 5.69 Å². The molecule has 3 heteroatoms. The van der Waals surface area contributed by atoms with Crippen LogP contribution in [-0.4, -0.2) is 5.21 Å². The highest BCUT2D eigenvalue weighted by Crippen LogP contribution is 2.18. The fraction of sp³-hybridized carbons (Fsp3) is 0.300. The van der Waals surface area contributed by atoms with Crippen molar-refractivity contribution in [1.82, 2.24) is 0 Å². The Kier molecular flexibility index (Phi) is 3.44. The van der Waals surface area contributed by atoms with Gasteiger partial charge in [0, 0.05) is 18.6 Å². The van der Waals surface area contributed by atoms with Crippen LogP contribution in [0.1, 0.15) is 24.8 Å². The summed E-state index contributed by atoms with van der Waals surface area (Å²) in [6, 6.07) is 9.68. The van der Waals surface area contributed by atoms with E-state index in [2.05, 4.69) is 6.07 Å². The van der Waals surface area contributed by atoms with Gasteiger partial charge in [-0.1, -0.05) is 19.1 Å². The molecule has 1 aromatic carbocycles. The number of hydrogen-bond acceptors (Lipinski definition) is 2. The number of nitrogens with two attached hydrogens (primary N) is 1. The molecule has 1 rings (SSSR count). The minimum absolute atomic E-state index is 0.262. The van der Waals surface area contributed by atoms with Gasteiger partial charge in [0.2, 0.25) is 0 Å². The smallest absolute Gasteiger partial charge is 0.161 e. The molecular formula is C10H13N2O+. The zero-order valence-electron chi connectivity index (χ0n) is 7.57. The van der Waals surface area contributed by atoms with Crippen molar-refractivity contribution in [2.45, 2.75) is 19.3 Å². The molecule has 0 fully saturated rings. The van der Waals surface area contributed by atoms with E-state index in [-0.39, 0.29) is 5.92 Å². The Labute approximate surface area is 77.6 Å². The van der Waals surface area contributed by atoms with Crippen molar-refractivity contribution in [1.29, 1.82) is 5.26 Å². The standard InChI is InChI=1S/C10H12N2O/c1-8(6-7-11)9-2-4-10(12-13)5-3-9/h2-5,8,12-13H,6H2,1H3/p+1. The van der Waals surface area contributed by atoms with Crippen LogP contribution in [0.5, 0.6) is 0 Å². The van der Waals surface area contributed by atoms with E-state index in [0.29, 0.717) is 6.42 Å². The minimum Gasteiger partial charge on any atom is -0.215 e. The molecule has 0 amide bonds. The SMILES string of the molecule is CC(CC#N)c1ccc([NH2+]O)cc1. The monoisotopic (exact) mass is 177 g/mol. The van der Waals surface area contributed by atoms with E-state index in [9.17, 15) is 0 Å². The van der Waals surface area contributed by atoms with Gasteiger partial charge in [0.25, 0.3) is 0 Å². The summed E-state index contributed by atoms with van der Waals surface area (Å²) in [6.45, 7) is 2.01. The Hall–Kier alpha value is -1.37. The third kappa shape index (κ3) is 2.55. The van der Waals surface area contributed by atoms with E-state index in [0.717, 1.165) is 16.7 Å². The van der Waals surface area contributed by atoms with Crippen molar-refractivity contribution in [2.75, 3.05) is 0 Å². The summed E-state index contributed by atoms with van der Waals surface area (Å²) in [5, 5.41) is 17.2. The molecule has 0 saturated heterocycles. The third-order valence-corrected chi connectivity index (χ3v) is 2.05. The maximum Gasteiger partial charge on any atom is 0.161 e. The van der Waals surface area contributed by atoms with E-state index in [4.69, 9.17) is 10.5 Å². The maximum atomic E-state index is 8.69. The maximum absolute atomic E-state index is 8.69. The molecule has 13 heavy (non-hydrogen) atoms. The predicted molar refractivity (Wildman–Crippen MR) is 48.5 cm³/mol. The van der Waals surface area contributed by atoms with Crippen LogP contribution in [0, 0.1) is 11.3 Å². The summed E-state index contributed by atoms with van der Waals surface area (Å²) < 4.78 is 0. The fourth-order valence-electron chi connectivity index (χ4n) is 1.17. The van der Waals surface area contributed by atoms with Crippen LogP contribution in [0.2, 0.25) is 0 Å². The zero-order chi connectivity index (χ0) is 9.68. The zero-order valence-corrected chi connectivity index (χ0v) is 7.57. The third-order valence-electron chi connectivity index (χ3n) is 2.05. The van der Waals surface area contributed by atoms with Crippen molar-refractivity contribution in [3.05, 3.63) is 29.8 Å². The molecule has 1 atom stereocenters. The average Bonchev–Trinajstić information content (AvgIpc) is 2.18. The first-order valence-corrected chi connectivity index (χ1v) is 4.22. The summed E-state index contributed by atoms with van der Waals surface area (Å²) in [5.41, 5.74) is 2.98. The van der Waals surface area contributed by atoms with Gasteiger partial charge in [0.05, 0.1) is 6.07 Å². The van der Waals surface area contributed by atoms with Crippen molar-refractivity contribution >= 4 is 5.69 Å². The minimum atomic E-state index is 0.262. The predicted octanol–water partition coefficient (Wildman–Crippen LogP) is 1.29. The quantitative estimate of drug-likeness (QED) is 0.539. The van der Waals surface area contributed by atoms with Crippen molar-refractivity contribution in [2.24, 2.45) is 0 Å². The van der Waals surface area contributed by atoms with Crippen LogP contribution >= 0.6 is 0 Å².